The lowest BCUT2D eigenvalue weighted by molar-refractivity contribution is 0.0627. The molecule has 194 valence electrons. The summed E-state index contributed by atoms with van der Waals surface area (Å²) < 4.78 is 17.2. The first-order valence-electron chi connectivity index (χ1n) is 13.8. The number of benzene rings is 2. The summed E-state index contributed by atoms with van der Waals surface area (Å²) in [6.45, 7) is 7.94. The Morgan fingerprint density at radius 1 is 0.657 bits per heavy atom. The van der Waals surface area contributed by atoms with Crippen LogP contribution in [0.15, 0.2) is 48.5 Å². The second-order valence-corrected chi connectivity index (χ2v) is 9.38. The lowest BCUT2D eigenvalue weighted by Gasteiger charge is -2.14. The van der Waals surface area contributed by atoms with Crippen LogP contribution in [0, 0.1) is 0 Å². The van der Waals surface area contributed by atoms with Crippen molar-refractivity contribution in [3.63, 3.8) is 0 Å². The zero-order chi connectivity index (χ0) is 25.1. The van der Waals surface area contributed by atoms with E-state index in [-0.39, 0.29) is 12.1 Å². The van der Waals surface area contributed by atoms with Gasteiger partial charge in [0.15, 0.2) is 0 Å². The molecule has 0 saturated carbocycles. The number of carbonyl (C=O) groups excluding carboxylic acids is 1. The second kappa shape index (κ2) is 18.0. The number of esters is 1. The molecule has 2 aromatic carbocycles. The Morgan fingerprint density at radius 2 is 1.20 bits per heavy atom. The highest BCUT2D eigenvalue weighted by Crippen LogP contribution is 2.22. The van der Waals surface area contributed by atoms with Gasteiger partial charge in [-0.3, -0.25) is 0 Å². The molecule has 35 heavy (non-hydrogen) atoms. The van der Waals surface area contributed by atoms with Crippen LogP contribution < -0.4 is 9.47 Å². The molecule has 2 rings (SSSR count). The molecule has 0 bridgehead atoms. The van der Waals surface area contributed by atoms with Crippen LogP contribution in [0.3, 0.4) is 0 Å². The first-order chi connectivity index (χ1) is 17.1. The molecule has 0 aliphatic carbocycles. The highest BCUT2D eigenvalue weighted by molar-refractivity contribution is 5.91. The molecule has 4 nitrogen and oxygen atoms in total. The minimum Gasteiger partial charge on any atom is -0.494 e. The van der Waals surface area contributed by atoms with Crippen LogP contribution in [-0.2, 0) is 4.74 Å². The lowest BCUT2D eigenvalue weighted by Crippen LogP contribution is -2.09. The van der Waals surface area contributed by atoms with Crippen molar-refractivity contribution in [3.05, 3.63) is 59.7 Å². The maximum atomic E-state index is 12.4. The average Bonchev–Trinajstić information content (AvgIpc) is 2.88. The molecular formula is C31H46O4. The fraction of sp³-hybridized carbons (Fsp3) is 0.581. The Labute approximate surface area is 213 Å². The third-order valence-corrected chi connectivity index (χ3v) is 6.28. The number of unbranched alkanes of at least 4 members (excludes halogenated alkanes) is 10. The molecule has 0 heterocycles. The summed E-state index contributed by atoms with van der Waals surface area (Å²) in [6, 6.07) is 14.7. The zero-order valence-corrected chi connectivity index (χ0v) is 22.2. The number of rotatable bonds is 19. The van der Waals surface area contributed by atoms with E-state index in [1.165, 1.54) is 57.8 Å². The van der Waals surface area contributed by atoms with Crippen molar-refractivity contribution in [2.75, 3.05) is 13.2 Å². The second-order valence-electron chi connectivity index (χ2n) is 9.38. The monoisotopic (exact) mass is 482 g/mol. The van der Waals surface area contributed by atoms with Gasteiger partial charge in [-0.2, -0.15) is 0 Å². The van der Waals surface area contributed by atoms with Crippen molar-refractivity contribution in [2.45, 2.75) is 104 Å². The molecule has 0 spiro atoms. The summed E-state index contributed by atoms with van der Waals surface area (Å²) in [6.07, 6.45) is 15.4. The minimum absolute atomic E-state index is 0.0265. The van der Waals surface area contributed by atoms with Gasteiger partial charge < -0.3 is 14.2 Å². The van der Waals surface area contributed by atoms with Gasteiger partial charge in [-0.25, -0.2) is 4.79 Å². The molecule has 0 amide bonds. The van der Waals surface area contributed by atoms with Crippen molar-refractivity contribution >= 4 is 5.97 Å². The van der Waals surface area contributed by atoms with Gasteiger partial charge in [0.1, 0.15) is 11.5 Å². The highest BCUT2D eigenvalue weighted by Gasteiger charge is 2.11. The molecule has 2 aromatic rings. The molecule has 0 N–H and O–H groups in total. The van der Waals surface area contributed by atoms with Crippen molar-refractivity contribution in [3.8, 4) is 11.5 Å². The van der Waals surface area contributed by atoms with Crippen LogP contribution in [-0.4, -0.2) is 19.2 Å². The van der Waals surface area contributed by atoms with E-state index in [0.29, 0.717) is 17.9 Å². The van der Waals surface area contributed by atoms with Crippen LogP contribution in [0.1, 0.15) is 120 Å². The van der Waals surface area contributed by atoms with E-state index in [9.17, 15) is 4.79 Å². The first kappa shape index (κ1) is 28.9. The van der Waals surface area contributed by atoms with Crippen molar-refractivity contribution in [1.82, 2.24) is 0 Å². The molecule has 0 fully saturated rings. The van der Waals surface area contributed by atoms with Crippen molar-refractivity contribution in [2.24, 2.45) is 0 Å². The van der Waals surface area contributed by atoms with Crippen LogP contribution in [0.5, 0.6) is 11.5 Å². The molecule has 0 aromatic heterocycles. The minimum atomic E-state index is -0.372. The average molecular weight is 483 g/mol. The smallest absolute Gasteiger partial charge is 0.343 e. The summed E-state index contributed by atoms with van der Waals surface area (Å²) in [7, 11) is 0. The Morgan fingerprint density at radius 3 is 1.80 bits per heavy atom. The standard InChI is InChI=1S/C31H46O4/c1-4-6-8-9-10-11-12-13-14-15-25-33-26(3)27-16-22-30(23-17-27)35-31(32)28-18-20-29(21-19-28)34-24-7-5-2/h16-23,26H,4-15,24-25H2,1-3H3. The molecule has 1 unspecified atom stereocenters. The van der Waals surface area contributed by atoms with Gasteiger partial charge in [0.25, 0.3) is 0 Å². The van der Waals surface area contributed by atoms with Crippen LogP contribution in [0.25, 0.3) is 0 Å². The predicted octanol–water partition coefficient (Wildman–Crippen LogP) is 9.08. The first-order valence-corrected chi connectivity index (χ1v) is 13.8. The van der Waals surface area contributed by atoms with Gasteiger partial charge in [0.05, 0.1) is 18.3 Å². The molecule has 0 aliphatic rings. The fourth-order valence-electron chi connectivity index (χ4n) is 3.94. The van der Waals surface area contributed by atoms with E-state index in [1.807, 2.05) is 36.4 Å². The van der Waals surface area contributed by atoms with Crippen LogP contribution in [0.4, 0.5) is 0 Å². The molecule has 1 atom stereocenters. The third-order valence-electron chi connectivity index (χ3n) is 6.28. The van der Waals surface area contributed by atoms with Gasteiger partial charge in [-0.15, -0.1) is 0 Å². The van der Waals surface area contributed by atoms with E-state index in [0.717, 1.165) is 37.2 Å². The summed E-state index contributed by atoms with van der Waals surface area (Å²) >= 11 is 0. The molecular weight excluding hydrogens is 436 g/mol. The molecule has 0 saturated heterocycles. The summed E-state index contributed by atoms with van der Waals surface area (Å²) in [5.41, 5.74) is 1.59. The van der Waals surface area contributed by atoms with Gasteiger partial charge >= 0.3 is 5.97 Å². The molecule has 0 radical (unpaired) electrons. The maximum absolute atomic E-state index is 12.4. The molecule has 4 heteroatoms. The van der Waals surface area contributed by atoms with E-state index in [1.54, 1.807) is 12.1 Å². The fourth-order valence-corrected chi connectivity index (χ4v) is 3.94. The van der Waals surface area contributed by atoms with Gasteiger partial charge in [-0.05, 0) is 61.7 Å². The Hall–Kier alpha value is -2.33. The summed E-state index contributed by atoms with van der Waals surface area (Å²) in [5, 5.41) is 0. The largest absolute Gasteiger partial charge is 0.494 e. The van der Waals surface area contributed by atoms with E-state index in [2.05, 4.69) is 20.8 Å². The third kappa shape index (κ3) is 12.3. The topological polar surface area (TPSA) is 44.8 Å². The Balaban J connectivity index is 1.62. The van der Waals surface area contributed by atoms with E-state index >= 15 is 0 Å². The van der Waals surface area contributed by atoms with Gasteiger partial charge in [0, 0.05) is 6.61 Å². The normalized spacial score (nSPS) is 11.9. The summed E-state index contributed by atoms with van der Waals surface area (Å²) in [5.74, 6) is 0.929. The van der Waals surface area contributed by atoms with Gasteiger partial charge in [-0.1, -0.05) is 90.2 Å². The Bertz CT molecular complexity index is 798. The summed E-state index contributed by atoms with van der Waals surface area (Å²) in [4.78, 5) is 12.4. The van der Waals surface area contributed by atoms with Crippen LogP contribution >= 0.6 is 0 Å². The Kier molecular flexibility index (Phi) is 14.9. The number of carbonyl (C=O) groups is 1. The number of hydrogen-bond acceptors (Lipinski definition) is 4. The number of hydrogen-bond donors (Lipinski definition) is 0. The molecule has 0 aliphatic heterocycles. The van der Waals surface area contributed by atoms with Crippen molar-refractivity contribution in [1.29, 1.82) is 0 Å². The quantitative estimate of drug-likeness (QED) is 0.114. The van der Waals surface area contributed by atoms with Crippen LogP contribution in [0.2, 0.25) is 0 Å². The van der Waals surface area contributed by atoms with Gasteiger partial charge in [0.2, 0.25) is 0 Å². The predicted molar refractivity (Wildman–Crippen MR) is 144 cm³/mol. The number of ether oxygens (including phenoxy) is 3. The van der Waals surface area contributed by atoms with E-state index < -0.39 is 0 Å². The SMILES string of the molecule is CCCCCCCCCCCCOC(C)c1ccc(OC(=O)c2ccc(OCCCC)cc2)cc1. The highest BCUT2D eigenvalue weighted by atomic mass is 16.5. The van der Waals surface area contributed by atoms with Crippen molar-refractivity contribution < 1.29 is 19.0 Å². The maximum Gasteiger partial charge on any atom is 0.343 e. The lowest BCUT2D eigenvalue weighted by atomic mass is 10.1. The zero-order valence-electron chi connectivity index (χ0n) is 22.2. The van der Waals surface area contributed by atoms with E-state index in [4.69, 9.17) is 14.2 Å².